The fraction of sp³-hybridized carbons (Fsp3) is 0.625. The zero-order valence-electron chi connectivity index (χ0n) is 10.8. The van der Waals surface area contributed by atoms with Crippen molar-refractivity contribution in [2.75, 3.05) is 0 Å². The average Bonchev–Trinajstić information content (AvgIpc) is 2.60. The summed E-state index contributed by atoms with van der Waals surface area (Å²) in [5, 5.41) is 3.20. The van der Waals surface area contributed by atoms with E-state index < -0.39 is 31.0 Å². The molecule has 0 amide bonds. The molecular weight excluding hydrogens is 341 g/mol. The molecule has 0 saturated heterocycles. The van der Waals surface area contributed by atoms with Gasteiger partial charge in [-0.25, -0.2) is 0 Å². The first kappa shape index (κ1) is 19.8. The standard InChI is InChI=1S/C7H12N2O3S.CHF3O3S/c1-6(13(10,11)12)5-7-3-4-9(2)8-7;2-1(3,4)8(5,6)7/h3-4,6H,5H2,1-2H3,(H,10,11,12);(H,5,6,7). The highest BCUT2D eigenvalue weighted by molar-refractivity contribution is 7.86. The highest BCUT2D eigenvalue weighted by atomic mass is 32.2. The molecule has 8 nitrogen and oxygen atoms in total. The largest absolute Gasteiger partial charge is 0.522 e. The minimum atomic E-state index is -5.84. The molecule has 1 aromatic rings. The van der Waals surface area contributed by atoms with Crippen molar-refractivity contribution < 1.29 is 39.1 Å². The quantitative estimate of drug-likeness (QED) is 0.602. The number of aromatic nitrogens is 2. The molecule has 0 saturated carbocycles. The van der Waals surface area contributed by atoms with Crippen LogP contribution in [-0.4, -0.2) is 46.5 Å². The summed E-state index contributed by atoms with van der Waals surface area (Å²) >= 11 is 0. The van der Waals surface area contributed by atoms with Crippen molar-refractivity contribution in [1.29, 1.82) is 0 Å². The smallest absolute Gasteiger partial charge is 0.285 e. The van der Waals surface area contributed by atoms with Crippen molar-refractivity contribution in [3.63, 3.8) is 0 Å². The molecule has 0 fully saturated rings. The summed E-state index contributed by atoms with van der Waals surface area (Å²) in [7, 11) is -8.03. The Labute approximate surface area is 119 Å². The van der Waals surface area contributed by atoms with E-state index in [9.17, 15) is 21.6 Å². The van der Waals surface area contributed by atoms with Crippen LogP contribution in [0.4, 0.5) is 13.2 Å². The van der Waals surface area contributed by atoms with Crippen molar-refractivity contribution >= 4 is 20.2 Å². The van der Waals surface area contributed by atoms with E-state index >= 15 is 0 Å². The van der Waals surface area contributed by atoms with Gasteiger partial charge in [0.2, 0.25) is 0 Å². The predicted octanol–water partition coefficient (Wildman–Crippen LogP) is 0.633. The number of aryl methyl sites for hydroxylation is 1. The van der Waals surface area contributed by atoms with E-state index in [2.05, 4.69) is 5.10 Å². The van der Waals surface area contributed by atoms with Crippen LogP contribution in [0.25, 0.3) is 0 Å². The molecule has 0 aliphatic carbocycles. The van der Waals surface area contributed by atoms with Gasteiger partial charge in [0.15, 0.2) is 0 Å². The monoisotopic (exact) mass is 354 g/mol. The minimum Gasteiger partial charge on any atom is -0.285 e. The Morgan fingerprint density at radius 1 is 1.29 bits per heavy atom. The highest BCUT2D eigenvalue weighted by Gasteiger charge is 2.44. The summed E-state index contributed by atoms with van der Waals surface area (Å²) in [6, 6.07) is 1.72. The van der Waals surface area contributed by atoms with Crippen LogP contribution in [-0.2, 0) is 33.7 Å². The first-order valence-electron chi connectivity index (χ1n) is 5.13. The molecule has 1 aromatic heterocycles. The maximum atomic E-state index is 10.7. The third kappa shape index (κ3) is 7.40. The fourth-order valence-electron chi connectivity index (χ4n) is 0.972. The molecule has 13 heteroatoms. The van der Waals surface area contributed by atoms with Crippen LogP contribution < -0.4 is 0 Å². The van der Waals surface area contributed by atoms with Crippen LogP contribution in [0.2, 0.25) is 0 Å². The third-order valence-corrected chi connectivity index (χ3v) is 3.84. The van der Waals surface area contributed by atoms with Gasteiger partial charge in [-0.3, -0.25) is 13.8 Å². The van der Waals surface area contributed by atoms with E-state index in [1.54, 1.807) is 24.0 Å². The highest BCUT2D eigenvalue weighted by Crippen LogP contribution is 2.20. The molecule has 0 aliphatic heterocycles. The molecule has 21 heavy (non-hydrogen) atoms. The van der Waals surface area contributed by atoms with Crippen molar-refractivity contribution in [2.24, 2.45) is 7.05 Å². The Bertz CT molecular complexity index is 664. The number of halogens is 3. The zero-order valence-corrected chi connectivity index (χ0v) is 12.4. The number of alkyl halides is 3. The molecule has 0 radical (unpaired) electrons. The molecule has 2 N–H and O–H groups in total. The number of hydrogen-bond donors (Lipinski definition) is 2. The maximum Gasteiger partial charge on any atom is 0.522 e. The van der Waals surface area contributed by atoms with Crippen LogP contribution in [0.1, 0.15) is 12.6 Å². The molecule has 0 aliphatic rings. The summed E-state index contributed by atoms with van der Waals surface area (Å²) in [6.07, 6.45) is 1.96. The van der Waals surface area contributed by atoms with Crippen molar-refractivity contribution in [2.45, 2.75) is 24.1 Å². The van der Waals surface area contributed by atoms with Gasteiger partial charge in [-0.1, -0.05) is 0 Å². The second-order valence-corrected chi connectivity index (χ2v) is 7.18. The lowest BCUT2D eigenvalue weighted by molar-refractivity contribution is -0.0510. The summed E-state index contributed by atoms with van der Waals surface area (Å²) in [5.41, 5.74) is -4.87. The normalized spacial score (nSPS) is 14.2. The summed E-state index contributed by atoms with van der Waals surface area (Å²) in [5.74, 6) is 0. The first-order chi connectivity index (χ1) is 9.14. The molecule has 0 aromatic carbocycles. The zero-order chi connectivity index (χ0) is 17.1. The first-order valence-corrected chi connectivity index (χ1v) is 8.07. The van der Waals surface area contributed by atoms with E-state index in [-0.39, 0.29) is 6.42 Å². The Morgan fingerprint density at radius 3 is 1.95 bits per heavy atom. The number of hydrogen-bond acceptors (Lipinski definition) is 5. The number of nitrogens with zero attached hydrogens (tertiary/aromatic N) is 2. The third-order valence-electron chi connectivity index (χ3n) is 2.07. The van der Waals surface area contributed by atoms with Crippen LogP contribution in [0.5, 0.6) is 0 Å². The van der Waals surface area contributed by atoms with E-state index in [1.165, 1.54) is 6.92 Å². The lowest BCUT2D eigenvalue weighted by Crippen LogP contribution is -2.21. The molecule has 1 heterocycles. The molecule has 1 rings (SSSR count). The lowest BCUT2D eigenvalue weighted by Gasteiger charge is -2.04. The summed E-state index contributed by atoms with van der Waals surface area (Å²) in [4.78, 5) is 0. The predicted molar refractivity (Wildman–Crippen MR) is 65.5 cm³/mol. The van der Waals surface area contributed by atoms with Crippen LogP contribution >= 0.6 is 0 Å². The van der Waals surface area contributed by atoms with Crippen molar-refractivity contribution in [1.82, 2.24) is 9.78 Å². The van der Waals surface area contributed by atoms with E-state index in [4.69, 9.17) is 17.5 Å². The van der Waals surface area contributed by atoms with Gasteiger partial charge >= 0.3 is 15.6 Å². The lowest BCUT2D eigenvalue weighted by atomic mass is 10.2. The van der Waals surface area contributed by atoms with Crippen molar-refractivity contribution in [3.8, 4) is 0 Å². The van der Waals surface area contributed by atoms with Gasteiger partial charge in [-0.05, 0) is 13.0 Å². The van der Waals surface area contributed by atoms with Gasteiger partial charge in [0.1, 0.15) is 0 Å². The van der Waals surface area contributed by atoms with Gasteiger partial charge < -0.3 is 0 Å². The maximum absolute atomic E-state index is 10.7. The Balaban J connectivity index is 0.000000433. The average molecular weight is 354 g/mol. The molecule has 0 spiro atoms. The van der Waals surface area contributed by atoms with Gasteiger partial charge in [0, 0.05) is 19.7 Å². The molecule has 124 valence electrons. The topological polar surface area (TPSA) is 127 Å². The minimum absolute atomic E-state index is 0.236. The van der Waals surface area contributed by atoms with Crippen LogP contribution in [0, 0.1) is 0 Å². The molecule has 1 atom stereocenters. The van der Waals surface area contributed by atoms with Crippen LogP contribution in [0.15, 0.2) is 12.3 Å². The van der Waals surface area contributed by atoms with E-state index in [0.717, 1.165) is 0 Å². The van der Waals surface area contributed by atoms with Crippen molar-refractivity contribution in [3.05, 3.63) is 18.0 Å². The Hall–Kier alpha value is -1.18. The van der Waals surface area contributed by atoms with Gasteiger partial charge in [0.25, 0.3) is 10.1 Å². The van der Waals surface area contributed by atoms with Crippen LogP contribution in [0.3, 0.4) is 0 Å². The molecular formula is C8H13F3N2O6S2. The van der Waals surface area contributed by atoms with Gasteiger partial charge in [0.05, 0.1) is 10.9 Å². The number of rotatable bonds is 3. The molecule has 1 unspecified atom stereocenters. The SMILES string of the molecule is CC(Cc1ccn(C)n1)S(=O)(=O)O.O=S(=O)(O)C(F)(F)F. The molecule has 0 bridgehead atoms. The van der Waals surface area contributed by atoms with Gasteiger partial charge in [-0.2, -0.15) is 35.1 Å². The fourth-order valence-corrected chi connectivity index (χ4v) is 1.35. The summed E-state index contributed by atoms with van der Waals surface area (Å²) < 4.78 is 89.1. The van der Waals surface area contributed by atoms with Gasteiger partial charge in [-0.15, -0.1) is 0 Å². The summed E-state index contributed by atoms with van der Waals surface area (Å²) in [6.45, 7) is 1.45. The Kier molecular flexibility index (Phi) is 6.34. The second-order valence-electron chi connectivity index (χ2n) is 3.93. The Morgan fingerprint density at radius 2 is 1.71 bits per heavy atom. The van der Waals surface area contributed by atoms with E-state index in [1.807, 2.05) is 0 Å². The second kappa shape index (κ2) is 6.72. The van der Waals surface area contributed by atoms with E-state index in [0.29, 0.717) is 5.69 Å².